The van der Waals surface area contributed by atoms with E-state index in [9.17, 15) is 4.79 Å². The van der Waals surface area contributed by atoms with Crippen molar-refractivity contribution >= 4 is 5.91 Å². The van der Waals surface area contributed by atoms with Crippen molar-refractivity contribution < 1.29 is 4.79 Å². The minimum Gasteiger partial charge on any atom is -0.353 e. The normalized spacial score (nSPS) is 32.6. The molecule has 2 atom stereocenters. The summed E-state index contributed by atoms with van der Waals surface area (Å²) in [6.45, 7) is 7.92. The first-order valence-electron chi connectivity index (χ1n) is 5.90. The second-order valence-corrected chi connectivity index (χ2v) is 5.07. The van der Waals surface area contributed by atoms with Gasteiger partial charge in [0.25, 0.3) is 0 Å². The Morgan fingerprint density at radius 1 is 1.40 bits per heavy atom. The topological polar surface area (TPSA) is 44.4 Å². The Kier molecular flexibility index (Phi) is 3.26. The molecule has 2 fully saturated rings. The van der Waals surface area contributed by atoms with Crippen LogP contribution in [-0.2, 0) is 4.79 Å². The molecule has 2 unspecified atom stereocenters. The van der Waals surface area contributed by atoms with Crippen LogP contribution in [0.3, 0.4) is 0 Å². The van der Waals surface area contributed by atoms with Crippen LogP contribution in [0.4, 0.5) is 0 Å². The highest BCUT2D eigenvalue weighted by Crippen LogP contribution is 2.18. The molecule has 2 N–H and O–H groups in total. The molecule has 2 aliphatic heterocycles. The fraction of sp³-hybridized carbons (Fsp3) is 0.909. The summed E-state index contributed by atoms with van der Waals surface area (Å²) in [5.41, 5.74) is 0. The van der Waals surface area contributed by atoms with Crippen LogP contribution in [0.2, 0.25) is 0 Å². The second kappa shape index (κ2) is 4.49. The van der Waals surface area contributed by atoms with E-state index in [0.717, 1.165) is 19.6 Å². The molecule has 2 saturated heterocycles. The van der Waals surface area contributed by atoms with Crippen LogP contribution in [0.1, 0.15) is 20.3 Å². The van der Waals surface area contributed by atoms with Crippen LogP contribution in [0.15, 0.2) is 0 Å². The van der Waals surface area contributed by atoms with Gasteiger partial charge in [0.1, 0.15) is 0 Å². The Hall–Kier alpha value is -0.610. The van der Waals surface area contributed by atoms with Gasteiger partial charge >= 0.3 is 0 Å². The van der Waals surface area contributed by atoms with Gasteiger partial charge in [-0.2, -0.15) is 0 Å². The van der Waals surface area contributed by atoms with Gasteiger partial charge in [-0.1, -0.05) is 13.8 Å². The van der Waals surface area contributed by atoms with E-state index in [4.69, 9.17) is 0 Å². The van der Waals surface area contributed by atoms with Crippen LogP contribution in [0.5, 0.6) is 0 Å². The van der Waals surface area contributed by atoms with Gasteiger partial charge in [-0.05, 0) is 12.3 Å². The average Bonchev–Trinajstić information content (AvgIpc) is 2.18. The predicted molar refractivity (Wildman–Crippen MR) is 59.6 cm³/mol. The molecule has 0 saturated carbocycles. The number of amides is 1. The number of hydrogen-bond acceptors (Lipinski definition) is 3. The van der Waals surface area contributed by atoms with Crippen LogP contribution in [-0.4, -0.2) is 49.1 Å². The molecule has 2 rings (SSSR count). The van der Waals surface area contributed by atoms with Crippen molar-refractivity contribution in [3.05, 3.63) is 0 Å². The van der Waals surface area contributed by atoms with Crippen molar-refractivity contribution in [1.29, 1.82) is 0 Å². The molecule has 1 amide bonds. The Balaban J connectivity index is 2.00. The van der Waals surface area contributed by atoms with E-state index in [1.807, 2.05) is 0 Å². The third-order valence-electron chi connectivity index (χ3n) is 3.30. The van der Waals surface area contributed by atoms with Crippen molar-refractivity contribution in [3.8, 4) is 0 Å². The maximum Gasteiger partial charge on any atom is 0.234 e. The third kappa shape index (κ3) is 2.49. The lowest BCUT2D eigenvalue weighted by molar-refractivity contribution is -0.127. The molecule has 4 heteroatoms. The van der Waals surface area contributed by atoms with Gasteiger partial charge < -0.3 is 10.6 Å². The van der Waals surface area contributed by atoms with Gasteiger partial charge in [0, 0.05) is 31.7 Å². The fourth-order valence-electron chi connectivity index (χ4n) is 2.61. The van der Waals surface area contributed by atoms with E-state index in [0.29, 0.717) is 24.5 Å². The van der Waals surface area contributed by atoms with E-state index >= 15 is 0 Å². The highest BCUT2D eigenvalue weighted by atomic mass is 16.2. The molecule has 0 spiro atoms. The van der Waals surface area contributed by atoms with E-state index in [1.54, 1.807) is 0 Å². The van der Waals surface area contributed by atoms with Crippen LogP contribution >= 0.6 is 0 Å². The van der Waals surface area contributed by atoms with Gasteiger partial charge in [0.15, 0.2) is 0 Å². The Morgan fingerprint density at radius 3 is 2.93 bits per heavy atom. The number of fused-ring (bicyclic) bond motifs is 1. The van der Waals surface area contributed by atoms with Crippen LogP contribution in [0, 0.1) is 5.92 Å². The van der Waals surface area contributed by atoms with Crippen molar-refractivity contribution in [2.75, 3.05) is 26.2 Å². The lowest BCUT2D eigenvalue weighted by Gasteiger charge is -2.45. The van der Waals surface area contributed by atoms with E-state index in [1.165, 1.54) is 6.42 Å². The fourth-order valence-corrected chi connectivity index (χ4v) is 2.61. The zero-order valence-electron chi connectivity index (χ0n) is 9.62. The molecule has 0 aromatic rings. The standard InChI is InChI=1S/C11H21N3O/c1-8(2)3-9-4-12-5-10-6-13-11(15)7-14(9)10/h8-10,12H,3-7H2,1-2H3,(H,13,15). The molecule has 0 bridgehead atoms. The summed E-state index contributed by atoms with van der Waals surface area (Å²) >= 11 is 0. The van der Waals surface area contributed by atoms with Crippen LogP contribution < -0.4 is 10.6 Å². The van der Waals surface area contributed by atoms with Gasteiger partial charge in [0.05, 0.1) is 6.54 Å². The summed E-state index contributed by atoms with van der Waals surface area (Å²) < 4.78 is 0. The minimum atomic E-state index is 0.182. The lowest BCUT2D eigenvalue weighted by atomic mass is 9.97. The first-order valence-corrected chi connectivity index (χ1v) is 5.90. The van der Waals surface area contributed by atoms with Crippen molar-refractivity contribution in [3.63, 3.8) is 0 Å². The number of piperazine rings is 2. The molecule has 0 aromatic heterocycles. The number of carbonyl (C=O) groups excluding carboxylic acids is 1. The number of carbonyl (C=O) groups is 1. The van der Waals surface area contributed by atoms with Gasteiger partial charge in [0.2, 0.25) is 5.91 Å². The second-order valence-electron chi connectivity index (χ2n) is 5.07. The molecule has 2 aliphatic rings. The maximum atomic E-state index is 11.4. The smallest absolute Gasteiger partial charge is 0.234 e. The Morgan fingerprint density at radius 2 is 2.20 bits per heavy atom. The number of hydrogen-bond donors (Lipinski definition) is 2. The highest BCUT2D eigenvalue weighted by Gasteiger charge is 2.34. The third-order valence-corrected chi connectivity index (χ3v) is 3.30. The van der Waals surface area contributed by atoms with Crippen LogP contribution in [0.25, 0.3) is 0 Å². The first-order chi connectivity index (χ1) is 7.16. The molecule has 0 aromatic carbocycles. The number of nitrogens with zero attached hydrogens (tertiary/aromatic N) is 1. The zero-order chi connectivity index (χ0) is 10.8. The van der Waals surface area contributed by atoms with Gasteiger partial charge in [-0.15, -0.1) is 0 Å². The summed E-state index contributed by atoms with van der Waals surface area (Å²) in [5, 5.41) is 6.40. The molecule has 2 heterocycles. The molecule has 86 valence electrons. The molecule has 0 aliphatic carbocycles. The number of rotatable bonds is 2. The summed E-state index contributed by atoms with van der Waals surface area (Å²) in [6, 6.07) is 1.04. The Bertz CT molecular complexity index is 242. The van der Waals surface area contributed by atoms with Gasteiger partial charge in [-0.25, -0.2) is 0 Å². The van der Waals surface area contributed by atoms with Crippen molar-refractivity contribution in [1.82, 2.24) is 15.5 Å². The lowest BCUT2D eigenvalue weighted by Crippen LogP contribution is -2.66. The van der Waals surface area contributed by atoms with Crippen molar-refractivity contribution in [2.24, 2.45) is 5.92 Å². The summed E-state index contributed by atoms with van der Waals surface area (Å²) in [6.07, 6.45) is 1.18. The SMILES string of the molecule is CC(C)CC1CNCC2CNC(=O)CN21. The van der Waals surface area contributed by atoms with Crippen molar-refractivity contribution in [2.45, 2.75) is 32.4 Å². The predicted octanol–water partition coefficient (Wildman–Crippen LogP) is -0.195. The van der Waals surface area contributed by atoms with Gasteiger partial charge in [-0.3, -0.25) is 9.69 Å². The molecule has 4 nitrogen and oxygen atoms in total. The molecular weight excluding hydrogens is 190 g/mol. The van der Waals surface area contributed by atoms with E-state index in [2.05, 4.69) is 29.4 Å². The van der Waals surface area contributed by atoms with E-state index in [-0.39, 0.29) is 5.91 Å². The maximum absolute atomic E-state index is 11.4. The Labute approximate surface area is 91.4 Å². The quantitative estimate of drug-likeness (QED) is 0.665. The monoisotopic (exact) mass is 211 g/mol. The zero-order valence-corrected chi connectivity index (χ0v) is 9.62. The average molecular weight is 211 g/mol. The summed E-state index contributed by atoms with van der Waals surface area (Å²) in [7, 11) is 0. The molecule has 15 heavy (non-hydrogen) atoms. The van der Waals surface area contributed by atoms with E-state index < -0.39 is 0 Å². The minimum absolute atomic E-state index is 0.182. The number of nitrogens with one attached hydrogen (secondary N) is 2. The molecular formula is C11H21N3O. The molecule has 0 radical (unpaired) electrons. The largest absolute Gasteiger partial charge is 0.353 e. The first kappa shape index (κ1) is 10.9. The summed E-state index contributed by atoms with van der Waals surface area (Å²) in [4.78, 5) is 13.8. The highest BCUT2D eigenvalue weighted by molar-refractivity contribution is 5.79. The summed E-state index contributed by atoms with van der Waals surface area (Å²) in [5.74, 6) is 0.877.